The number of ether oxygens (including phenoxy) is 1. The van der Waals surface area contributed by atoms with Crippen molar-refractivity contribution in [2.24, 2.45) is 5.41 Å². The Kier molecular flexibility index (Phi) is 5.67. The van der Waals surface area contributed by atoms with E-state index in [9.17, 15) is 4.79 Å². The molecule has 2 aromatic heterocycles. The van der Waals surface area contributed by atoms with E-state index >= 15 is 0 Å². The van der Waals surface area contributed by atoms with Gasteiger partial charge in [0.05, 0.1) is 12.6 Å². The Morgan fingerprint density at radius 1 is 1.18 bits per heavy atom. The first-order valence-corrected chi connectivity index (χ1v) is 9.53. The van der Waals surface area contributed by atoms with Crippen molar-refractivity contribution in [2.45, 2.75) is 40.5 Å². The fourth-order valence-electron chi connectivity index (χ4n) is 2.98. The van der Waals surface area contributed by atoms with Crippen molar-refractivity contribution in [3.8, 4) is 5.75 Å². The van der Waals surface area contributed by atoms with E-state index in [1.54, 1.807) is 7.11 Å². The number of anilines is 1. The van der Waals surface area contributed by atoms with Gasteiger partial charge in [-0.3, -0.25) is 9.20 Å². The zero-order valence-electron chi connectivity index (χ0n) is 17.2. The van der Waals surface area contributed by atoms with Crippen LogP contribution in [0.4, 0.5) is 5.82 Å². The van der Waals surface area contributed by atoms with E-state index in [0.29, 0.717) is 23.8 Å². The Bertz CT molecular complexity index is 990. The zero-order chi connectivity index (χ0) is 20.3. The van der Waals surface area contributed by atoms with E-state index in [1.165, 1.54) is 0 Å². The summed E-state index contributed by atoms with van der Waals surface area (Å²) in [5.41, 5.74) is 2.01. The van der Waals surface area contributed by atoms with Crippen molar-refractivity contribution in [1.29, 1.82) is 0 Å². The Labute approximate surface area is 164 Å². The highest BCUT2D eigenvalue weighted by Crippen LogP contribution is 2.28. The second-order valence-corrected chi connectivity index (χ2v) is 7.83. The molecule has 0 bridgehead atoms. The van der Waals surface area contributed by atoms with Crippen molar-refractivity contribution in [3.05, 3.63) is 24.0 Å². The number of para-hydroxylation sites is 1. The van der Waals surface area contributed by atoms with Gasteiger partial charge in [0, 0.05) is 18.5 Å². The molecule has 0 aliphatic rings. The highest BCUT2D eigenvalue weighted by molar-refractivity contribution is 5.87. The zero-order valence-corrected chi connectivity index (χ0v) is 17.2. The van der Waals surface area contributed by atoms with E-state index in [1.807, 2.05) is 50.3 Å². The fraction of sp³-hybridized carbons (Fsp3) is 0.500. The molecule has 1 aromatic carbocycles. The molecule has 2 N–H and O–H groups in total. The Balaban J connectivity index is 1.70. The summed E-state index contributed by atoms with van der Waals surface area (Å²) in [4.78, 5) is 16.6. The topological polar surface area (TPSA) is 93.4 Å². The molecule has 2 heterocycles. The van der Waals surface area contributed by atoms with Crippen LogP contribution in [0.5, 0.6) is 5.75 Å². The Morgan fingerprint density at radius 3 is 2.64 bits per heavy atom. The Hall–Kier alpha value is -2.90. The lowest BCUT2D eigenvalue weighted by Gasteiger charge is -2.17. The number of carbonyl (C=O) groups is 1. The number of hydrogen-bond donors (Lipinski definition) is 2. The largest absolute Gasteiger partial charge is 0.494 e. The Morgan fingerprint density at radius 2 is 1.93 bits per heavy atom. The number of aryl methyl sites for hydroxylation is 1. The minimum atomic E-state index is -0.358. The van der Waals surface area contributed by atoms with Crippen LogP contribution in [0, 0.1) is 12.3 Å². The third-order valence-corrected chi connectivity index (χ3v) is 4.56. The van der Waals surface area contributed by atoms with Gasteiger partial charge in [-0.15, -0.1) is 10.2 Å². The molecular formula is C20H28N6O2. The van der Waals surface area contributed by atoms with Gasteiger partial charge in [-0.25, -0.2) is 4.98 Å². The molecule has 8 heteroatoms. The number of rotatable bonds is 7. The highest BCUT2D eigenvalue weighted by atomic mass is 16.5. The maximum atomic E-state index is 11.9. The predicted octanol–water partition coefficient (Wildman–Crippen LogP) is 2.95. The lowest BCUT2D eigenvalue weighted by molar-refractivity contribution is -0.128. The third-order valence-electron chi connectivity index (χ3n) is 4.56. The SMILES string of the molecule is COc1cccc2c1nc(NCCCCNC(=O)C(C)(C)C)c1nnc(C)n12. The second kappa shape index (κ2) is 8.00. The summed E-state index contributed by atoms with van der Waals surface area (Å²) in [6.45, 7) is 9.04. The lowest BCUT2D eigenvalue weighted by Crippen LogP contribution is -2.35. The highest BCUT2D eigenvalue weighted by Gasteiger charge is 2.20. The van der Waals surface area contributed by atoms with Gasteiger partial charge in [0.25, 0.3) is 0 Å². The van der Waals surface area contributed by atoms with Crippen molar-refractivity contribution in [1.82, 2.24) is 24.9 Å². The first-order valence-electron chi connectivity index (χ1n) is 9.53. The van der Waals surface area contributed by atoms with E-state index in [0.717, 1.165) is 36.2 Å². The number of fused-ring (bicyclic) bond motifs is 3. The predicted molar refractivity (Wildman–Crippen MR) is 110 cm³/mol. The summed E-state index contributed by atoms with van der Waals surface area (Å²) in [6, 6.07) is 5.80. The molecule has 0 aliphatic heterocycles. The van der Waals surface area contributed by atoms with Crippen LogP contribution in [0.2, 0.25) is 0 Å². The van der Waals surface area contributed by atoms with Gasteiger partial charge < -0.3 is 15.4 Å². The number of unbranched alkanes of at least 4 members (excludes halogenated alkanes) is 1. The number of benzene rings is 1. The molecule has 1 amide bonds. The average Bonchev–Trinajstić information content (AvgIpc) is 3.05. The fourth-order valence-corrected chi connectivity index (χ4v) is 2.98. The number of methoxy groups -OCH3 is 1. The molecule has 28 heavy (non-hydrogen) atoms. The van der Waals surface area contributed by atoms with Crippen molar-refractivity contribution in [3.63, 3.8) is 0 Å². The van der Waals surface area contributed by atoms with Gasteiger partial charge in [-0.1, -0.05) is 26.8 Å². The quantitative estimate of drug-likeness (QED) is 0.608. The van der Waals surface area contributed by atoms with Crippen LogP contribution < -0.4 is 15.4 Å². The van der Waals surface area contributed by atoms with Crippen LogP contribution in [0.3, 0.4) is 0 Å². The van der Waals surface area contributed by atoms with Gasteiger partial charge >= 0.3 is 0 Å². The van der Waals surface area contributed by atoms with Crippen LogP contribution in [0.25, 0.3) is 16.7 Å². The van der Waals surface area contributed by atoms with E-state index in [-0.39, 0.29) is 11.3 Å². The molecule has 8 nitrogen and oxygen atoms in total. The van der Waals surface area contributed by atoms with Crippen LogP contribution >= 0.6 is 0 Å². The summed E-state index contributed by atoms with van der Waals surface area (Å²) in [5.74, 6) is 2.25. The van der Waals surface area contributed by atoms with Crippen molar-refractivity contribution < 1.29 is 9.53 Å². The first-order chi connectivity index (χ1) is 13.3. The summed E-state index contributed by atoms with van der Waals surface area (Å²) in [6.07, 6.45) is 1.78. The molecule has 150 valence electrons. The molecule has 0 atom stereocenters. The van der Waals surface area contributed by atoms with Crippen LogP contribution in [-0.2, 0) is 4.79 Å². The number of aromatic nitrogens is 4. The molecular weight excluding hydrogens is 356 g/mol. The van der Waals surface area contributed by atoms with Crippen LogP contribution in [0.15, 0.2) is 18.2 Å². The van der Waals surface area contributed by atoms with Crippen LogP contribution in [0.1, 0.15) is 39.4 Å². The van der Waals surface area contributed by atoms with E-state index < -0.39 is 0 Å². The standard InChI is InChI=1S/C20H28N6O2/c1-13-24-25-18-17(21-11-6-7-12-22-19(27)20(2,3)4)23-16-14(26(13)18)9-8-10-15(16)28-5/h8-10H,6-7,11-12H2,1-5H3,(H,21,23)(H,22,27). The molecule has 3 rings (SSSR count). The summed E-state index contributed by atoms with van der Waals surface area (Å²) >= 11 is 0. The van der Waals surface area contributed by atoms with Gasteiger partial charge in [0.2, 0.25) is 11.6 Å². The number of nitrogens with zero attached hydrogens (tertiary/aromatic N) is 4. The first kappa shape index (κ1) is 19.9. The van der Waals surface area contributed by atoms with Crippen molar-refractivity contribution in [2.75, 3.05) is 25.5 Å². The molecule has 0 aliphatic carbocycles. The third kappa shape index (κ3) is 4.00. The molecule has 0 saturated carbocycles. The van der Waals surface area contributed by atoms with E-state index in [4.69, 9.17) is 9.72 Å². The number of nitrogens with one attached hydrogen (secondary N) is 2. The van der Waals surface area contributed by atoms with Gasteiger partial charge in [-0.05, 0) is 31.9 Å². The normalized spacial score (nSPS) is 11.8. The molecule has 0 fully saturated rings. The van der Waals surface area contributed by atoms with Gasteiger partial charge in [-0.2, -0.15) is 0 Å². The molecule has 0 spiro atoms. The molecule has 3 aromatic rings. The van der Waals surface area contributed by atoms with Crippen LogP contribution in [-0.4, -0.2) is 45.7 Å². The summed E-state index contributed by atoms with van der Waals surface area (Å²) < 4.78 is 7.45. The smallest absolute Gasteiger partial charge is 0.225 e. The number of amides is 1. The minimum Gasteiger partial charge on any atom is -0.494 e. The average molecular weight is 384 g/mol. The van der Waals surface area contributed by atoms with E-state index in [2.05, 4.69) is 20.8 Å². The number of carbonyl (C=O) groups excluding carboxylic acids is 1. The maximum Gasteiger partial charge on any atom is 0.225 e. The van der Waals surface area contributed by atoms with Gasteiger partial charge in [0.15, 0.2) is 5.82 Å². The number of hydrogen-bond acceptors (Lipinski definition) is 6. The monoisotopic (exact) mass is 384 g/mol. The second-order valence-electron chi connectivity index (χ2n) is 7.83. The van der Waals surface area contributed by atoms with Crippen molar-refractivity contribution >= 4 is 28.4 Å². The summed E-state index contributed by atoms with van der Waals surface area (Å²) in [5, 5.41) is 14.8. The molecule has 0 radical (unpaired) electrons. The molecule has 0 unspecified atom stereocenters. The minimum absolute atomic E-state index is 0.0735. The summed E-state index contributed by atoms with van der Waals surface area (Å²) in [7, 11) is 1.64. The lowest BCUT2D eigenvalue weighted by atomic mass is 9.96. The molecule has 0 saturated heterocycles. The van der Waals surface area contributed by atoms with Gasteiger partial charge in [0.1, 0.15) is 17.1 Å². The maximum absolute atomic E-state index is 11.9.